The molecule has 0 N–H and O–H groups in total. The van der Waals surface area contributed by atoms with Crippen LogP contribution in [0.2, 0.25) is 0 Å². The average Bonchev–Trinajstić information content (AvgIpc) is 1.68. The zero-order chi connectivity index (χ0) is 70.3. The van der Waals surface area contributed by atoms with Crippen molar-refractivity contribution < 1.29 is 0 Å². The maximum Gasteiger partial charge on any atom is 0.164 e. The van der Waals surface area contributed by atoms with Gasteiger partial charge in [0.15, 0.2) is 34.9 Å². The second-order valence-electron chi connectivity index (χ2n) is 25.8. The van der Waals surface area contributed by atoms with Crippen molar-refractivity contribution in [2.75, 3.05) is 0 Å². The topological polar surface area (TPSA) is 129 Å². The highest BCUT2D eigenvalue weighted by molar-refractivity contribution is 7.27. The predicted octanol–water partition coefficient (Wildman–Crippen LogP) is 24.4. The number of thiophene rings is 2. The molecule has 0 spiro atoms. The van der Waals surface area contributed by atoms with E-state index in [1.807, 2.05) is 104 Å². The number of aromatic nitrogens is 10. The zero-order valence-corrected chi connectivity index (χ0v) is 58.4. The molecular weight excluding hydrogens is 1330 g/mol. The standard InChI is InChI=1S/2C47H29N5S/c1-3-11-30(12-4-1)31-20-24-34(25-21-31)46-50-45(33-13-5-2-6-14-33)51-47(52-46)35-26-22-32(23-27-35)36-15-9-16-37(29-36)42-44-41(38-17-7-8-19-40(38)53-44)43-39(49-42)18-10-28-48-43;1-3-10-30(11-4-1)31-18-22-34(23-19-31)46-50-45(33-12-5-2-6-13-33)51-47(52-46)35-24-20-32(21-25-35)36-14-9-15-37(28-36)43-44-42(38-16-7-8-17-41(38)53-44)39-29-48-27-26-40(39)49-43/h2*1-29H. The van der Waals surface area contributed by atoms with Crippen LogP contribution < -0.4 is 0 Å². The van der Waals surface area contributed by atoms with Crippen LogP contribution in [0.25, 0.3) is 198 Å². The molecule has 496 valence electrons. The van der Waals surface area contributed by atoms with E-state index in [0.29, 0.717) is 34.9 Å². The summed E-state index contributed by atoms with van der Waals surface area (Å²) in [5.74, 6) is 3.80. The first-order valence-electron chi connectivity index (χ1n) is 35.0. The predicted molar refractivity (Wildman–Crippen MR) is 437 cm³/mol. The fourth-order valence-corrected chi connectivity index (χ4v) is 16.4. The van der Waals surface area contributed by atoms with Crippen molar-refractivity contribution in [3.63, 3.8) is 0 Å². The first-order valence-corrected chi connectivity index (χ1v) is 36.6. The first kappa shape index (κ1) is 63.2. The van der Waals surface area contributed by atoms with E-state index in [-0.39, 0.29) is 0 Å². The van der Waals surface area contributed by atoms with Crippen molar-refractivity contribution in [1.82, 2.24) is 49.8 Å². The van der Waals surface area contributed by atoms with Crippen LogP contribution in [0.3, 0.4) is 0 Å². The Hall–Kier alpha value is -13.8. The van der Waals surface area contributed by atoms with E-state index in [1.54, 1.807) is 22.7 Å². The molecule has 8 aromatic heterocycles. The summed E-state index contributed by atoms with van der Waals surface area (Å²) in [4.78, 5) is 49.3. The molecule has 0 aliphatic carbocycles. The van der Waals surface area contributed by atoms with Gasteiger partial charge in [0.2, 0.25) is 0 Å². The van der Waals surface area contributed by atoms with Gasteiger partial charge in [0.1, 0.15) is 0 Å². The fraction of sp³-hybridized carbons (Fsp3) is 0. The maximum absolute atomic E-state index is 5.19. The number of hydrogen-bond acceptors (Lipinski definition) is 12. The highest BCUT2D eigenvalue weighted by atomic mass is 32.1. The maximum atomic E-state index is 5.19. The molecule has 0 saturated carbocycles. The van der Waals surface area contributed by atoms with Crippen LogP contribution in [0.1, 0.15) is 0 Å². The van der Waals surface area contributed by atoms with Gasteiger partial charge in [0, 0.05) is 99.4 Å². The van der Waals surface area contributed by atoms with Crippen LogP contribution in [-0.4, -0.2) is 49.8 Å². The first-order chi connectivity index (χ1) is 52.5. The summed E-state index contributed by atoms with van der Waals surface area (Å²) in [5.41, 5.74) is 21.5. The van der Waals surface area contributed by atoms with Crippen LogP contribution in [0.4, 0.5) is 0 Å². The lowest BCUT2D eigenvalue weighted by molar-refractivity contribution is 1.07. The van der Waals surface area contributed by atoms with Crippen molar-refractivity contribution in [3.8, 4) is 135 Å². The van der Waals surface area contributed by atoms with Gasteiger partial charge >= 0.3 is 0 Å². The van der Waals surface area contributed by atoms with E-state index in [4.69, 9.17) is 44.9 Å². The van der Waals surface area contributed by atoms with E-state index in [0.717, 1.165) is 116 Å². The van der Waals surface area contributed by atoms with Gasteiger partial charge in [-0.2, -0.15) is 0 Å². The molecule has 10 nitrogen and oxygen atoms in total. The summed E-state index contributed by atoms with van der Waals surface area (Å²) < 4.78 is 4.81. The Kier molecular flexibility index (Phi) is 16.4. The van der Waals surface area contributed by atoms with Crippen molar-refractivity contribution in [3.05, 3.63) is 352 Å². The molecule has 0 aliphatic heterocycles. The summed E-state index contributed by atoms with van der Waals surface area (Å²) in [5, 5.41) is 5.91. The molecule has 0 bridgehead atoms. The number of pyridine rings is 4. The molecular formula is C94H58N10S2. The van der Waals surface area contributed by atoms with Crippen LogP contribution in [-0.2, 0) is 0 Å². The Bertz CT molecular complexity index is 6250. The summed E-state index contributed by atoms with van der Waals surface area (Å²) in [7, 11) is 0. The van der Waals surface area contributed by atoms with Gasteiger partial charge in [-0.15, -0.1) is 22.7 Å². The Morgan fingerprint density at radius 3 is 0.962 bits per heavy atom. The van der Waals surface area contributed by atoms with E-state index < -0.39 is 0 Å². The summed E-state index contributed by atoms with van der Waals surface area (Å²) in [6, 6.07) is 115. The van der Waals surface area contributed by atoms with Crippen LogP contribution in [0.15, 0.2) is 352 Å². The molecule has 0 saturated heterocycles. The number of fused-ring (bicyclic) bond motifs is 10. The number of hydrogen-bond donors (Lipinski definition) is 0. The molecule has 0 aliphatic rings. The van der Waals surface area contributed by atoms with Crippen molar-refractivity contribution >= 4 is 85.0 Å². The third kappa shape index (κ3) is 12.2. The summed E-state index contributed by atoms with van der Waals surface area (Å²) in [6.45, 7) is 0. The highest BCUT2D eigenvalue weighted by Crippen LogP contribution is 2.45. The van der Waals surface area contributed by atoms with Crippen LogP contribution in [0, 0.1) is 0 Å². The Balaban J connectivity index is 0.000000145. The lowest BCUT2D eigenvalue weighted by Gasteiger charge is -2.11. The molecule has 8 heterocycles. The average molecular weight is 1390 g/mol. The lowest BCUT2D eigenvalue weighted by Crippen LogP contribution is -2.00. The minimum atomic E-state index is 0.627. The Labute approximate surface area is 618 Å². The zero-order valence-electron chi connectivity index (χ0n) is 56.8. The molecule has 0 amide bonds. The molecule has 0 radical (unpaired) electrons. The van der Waals surface area contributed by atoms with Crippen molar-refractivity contribution in [1.29, 1.82) is 0 Å². The second-order valence-corrected chi connectivity index (χ2v) is 27.9. The third-order valence-electron chi connectivity index (χ3n) is 19.2. The van der Waals surface area contributed by atoms with E-state index >= 15 is 0 Å². The van der Waals surface area contributed by atoms with Crippen molar-refractivity contribution in [2.45, 2.75) is 0 Å². The van der Waals surface area contributed by atoms with Gasteiger partial charge < -0.3 is 0 Å². The van der Waals surface area contributed by atoms with Gasteiger partial charge in [0.05, 0.1) is 37.3 Å². The fourth-order valence-electron chi connectivity index (χ4n) is 13.9. The second kappa shape index (κ2) is 27.5. The smallest absolute Gasteiger partial charge is 0.164 e. The molecule has 0 fully saturated rings. The number of benzene rings is 12. The normalized spacial score (nSPS) is 11.4. The molecule has 0 unspecified atom stereocenters. The third-order valence-corrected chi connectivity index (χ3v) is 21.6. The van der Waals surface area contributed by atoms with Crippen LogP contribution in [0.5, 0.6) is 0 Å². The van der Waals surface area contributed by atoms with Gasteiger partial charge in [0.25, 0.3) is 0 Å². The Morgan fingerprint density at radius 2 is 0.528 bits per heavy atom. The van der Waals surface area contributed by atoms with E-state index in [9.17, 15) is 0 Å². The van der Waals surface area contributed by atoms with Gasteiger partial charge in [-0.3, -0.25) is 9.97 Å². The number of nitrogens with zero attached hydrogens (tertiary/aromatic N) is 10. The van der Waals surface area contributed by atoms with Gasteiger partial charge in [-0.1, -0.05) is 291 Å². The minimum absolute atomic E-state index is 0.627. The highest BCUT2D eigenvalue weighted by Gasteiger charge is 2.21. The molecule has 12 aromatic carbocycles. The monoisotopic (exact) mass is 1390 g/mol. The van der Waals surface area contributed by atoms with Crippen molar-refractivity contribution in [2.24, 2.45) is 0 Å². The van der Waals surface area contributed by atoms with E-state index in [1.165, 1.54) is 46.8 Å². The molecule has 20 rings (SSSR count). The minimum Gasteiger partial charge on any atom is -0.264 e. The molecule has 12 heteroatoms. The lowest BCUT2D eigenvalue weighted by atomic mass is 9.99. The largest absolute Gasteiger partial charge is 0.264 e. The summed E-state index contributed by atoms with van der Waals surface area (Å²) in [6.07, 6.45) is 5.60. The van der Waals surface area contributed by atoms with Gasteiger partial charge in [-0.25, -0.2) is 39.9 Å². The molecule has 0 atom stereocenters. The Morgan fingerprint density at radius 1 is 0.208 bits per heavy atom. The quantitative estimate of drug-likeness (QED) is 0.117. The van der Waals surface area contributed by atoms with Crippen LogP contribution >= 0.6 is 22.7 Å². The van der Waals surface area contributed by atoms with E-state index in [2.05, 4.69) is 254 Å². The van der Waals surface area contributed by atoms with Gasteiger partial charge in [-0.05, 0) is 87.0 Å². The molecule has 106 heavy (non-hydrogen) atoms. The number of rotatable bonds is 12. The SMILES string of the molecule is c1ccc(-c2ccc(-c3nc(-c4ccccc4)nc(-c4ccc(-c5cccc(-c6nc7cccnc7c7c6sc6ccccc67)c5)cc4)n3)cc2)cc1.c1ccc(-c2ccc(-c3nc(-c4ccccc4)nc(-c4ccc(-c5cccc(-c6nc7ccncc7c7c6sc6ccccc67)c5)cc4)n3)cc2)cc1. The molecule has 20 aromatic rings. The summed E-state index contributed by atoms with van der Waals surface area (Å²) >= 11 is 3.56.